The Morgan fingerprint density at radius 2 is 1.97 bits per heavy atom. The molecule has 0 radical (unpaired) electrons. The topological polar surface area (TPSA) is 69.7 Å². The summed E-state index contributed by atoms with van der Waals surface area (Å²) in [5, 5.41) is 6.88. The number of hydrogen-bond donors (Lipinski definition) is 1. The number of carbonyl (C=O) groups excluding carboxylic acids is 3. The number of benzene rings is 1. The largest absolute Gasteiger partial charge is 0.350 e. The van der Waals surface area contributed by atoms with E-state index in [4.69, 9.17) is 11.6 Å². The lowest BCUT2D eigenvalue weighted by Crippen LogP contribution is -2.63. The number of thioether (sulfide) groups is 1. The fourth-order valence-corrected chi connectivity index (χ4v) is 5.35. The lowest BCUT2D eigenvalue weighted by molar-refractivity contribution is -0.133. The summed E-state index contributed by atoms with van der Waals surface area (Å²) < 4.78 is 0. The molecule has 30 heavy (non-hydrogen) atoms. The lowest BCUT2D eigenvalue weighted by Gasteiger charge is -2.40. The van der Waals surface area contributed by atoms with Crippen LogP contribution in [0.3, 0.4) is 0 Å². The number of halogens is 1. The highest BCUT2D eigenvalue weighted by Crippen LogP contribution is 2.34. The molecule has 4 amide bonds. The maximum atomic E-state index is 13.1. The highest BCUT2D eigenvalue weighted by atomic mass is 35.5. The summed E-state index contributed by atoms with van der Waals surface area (Å²) in [7, 11) is 0. The minimum atomic E-state index is -0.411. The van der Waals surface area contributed by atoms with E-state index in [2.05, 4.69) is 5.32 Å². The van der Waals surface area contributed by atoms with E-state index in [9.17, 15) is 14.4 Å². The van der Waals surface area contributed by atoms with Gasteiger partial charge in [-0.15, -0.1) is 23.1 Å². The van der Waals surface area contributed by atoms with E-state index in [-0.39, 0.29) is 18.4 Å². The molecule has 0 saturated carbocycles. The van der Waals surface area contributed by atoms with Gasteiger partial charge < -0.3 is 10.2 Å². The number of fused-ring (bicyclic) bond motifs is 1. The molecule has 6 nitrogen and oxygen atoms in total. The van der Waals surface area contributed by atoms with Crippen molar-refractivity contribution in [1.29, 1.82) is 0 Å². The van der Waals surface area contributed by atoms with Gasteiger partial charge in [0.05, 0.1) is 6.04 Å². The summed E-state index contributed by atoms with van der Waals surface area (Å²) in [5.74, 6) is -0.454. The molecular weight excluding hydrogens is 442 g/mol. The van der Waals surface area contributed by atoms with Gasteiger partial charge in [-0.25, -0.2) is 4.79 Å². The molecule has 1 fully saturated rings. The zero-order valence-corrected chi connectivity index (χ0v) is 18.4. The molecule has 2 aliphatic rings. The molecule has 1 N–H and O–H groups in total. The average Bonchev–Trinajstić information content (AvgIpc) is 3.43. The standard InChI is InChI=1S/C21H20ClN3O3S2/c22-15-5-3-14(4-6-15)12-23-18(26)13-25-17-8-11-30-19(17)20(27)24(21(25)28)9-7-16-2-1-10-29-16/h1-6,8,10-11,17,19H,7,9,12-13H2,(H,23,26). The van der Waals surface area contributed by atoms with E-state index in [1.165, 1.54) is 21.6 Å². The molecular formula is C21H20ClN3O3S2. The van der Waals surface area contributed by atoms with E-state index >= 15 is 0 Å². The molecule has 9 heteroatoms. The van der Waals surface area contributed by atoms with Gasteiger partial charge in [0.2, 0.25) is 11.8 Å². The van der Waals surface area contributed by atoms with Gasteiger partial charge >= 0.3 is 6.03 Å². The monoisotopic (exact) mass is 461 g/mol. The van der Waals surface area contributed by atoms with Crippen LogP contribution in [-0.4, -0.2) is 52.0 Å². The summed E-state index contributed by atoms with van der Waals surface area (Å²) in [5.41, 5.74) is 0.916. The van der Waals surface area contributed by atoms with Crippen molar-refractivity contribution in [3.8, 4) is 0 Å². The van der Waals surface area contributed by atoms with E-state index in [1.54, 1.807) is 23.5 Å². The molecule has 1 aromatic heterocycles. The summed E-state index contributed by atoms with van der Waals surface area (Å²) in [6.45, 7) is 0.559. The van der Waals surface area contributed by atoms with Crippen LogP contribution in [0.4, 0.5) is 4.79 Å². The Bertz CT molecular complexity index is 962. The Morgan fingerprint density at radius 1 is 1.17 bits per heavy atom. The van der Waals surface area contributed by atoms with Gasteiger partial charge in [-0.1, -0.05) is 35.9 Å². The number of nitrogens with one attached hydrogen (secondary N) is 1. The van der Waals surface area contributed by atoms with Crippen LogP contribution in [0.25, 0.3) is 0 Å². The number of carbonyl (C=O) groups is 3. The van der Waals surface area contributed by atoms with Crippen LogP contribution >= 0.6 is 34.7 Å². The van der Waals surface area contributed by atoms with Crippen LogP contribution in [0, 0.1) is 0 Å². The quantitative estimate of drug-likeness (QED) is 0.684. The van der Waals surface area contributed by atoms with Crippen LogP contribution < -0.4 is 5.32 Å². The molecule has 1 saturated heterocycles. The summed E-state index contributed by atoms with van der Waals surface area (Å²) in [6.07, 6.45) is 2.44. The van der Waals surface area contributed by atoms with Gasteiger partial charge in [0.1, 0.15) is 11.8 Å². The highest BCUT2D eigenvalue weighted by molar-refractivity contribution is 8.03. The molecule has 3 heterocycles. The second-order valence-corrected chi connectivity index (χ2v) is 9.53. The number of rotatable bonds is 7. The summed E-state index contributed by atoms with van der Waals surface area (Å²) in [6, 6.07) is 10.3. The minimum Gasteiger partial charge on any atom is -0.350 e. The Morgan fingerprint density at radius 3 is 2.70 bits per heavy atom. The molecule has 2 atom stereocenters. The molecule has 2 aromatic rings. The molecule has 4 rings (SSSR count). The summed E-state index contributed by atoms with van der Waals surface area (Å²) >= 11 is 8.88. The fraction of sp³-hybridized carbons (Fsp3) is 0.286. The maximum absolute atomic E-state index is 13.1. The number of urea groups is 1. The predicted octanol–water partition coefficient (Wildman–Crippen LogP) is 3.52. The molecule has 0 spiro atoms. The van der Waals surface area contributed by atoms with Gasteiger partial charge in [0, 0.05) is 23.0 Å². The van der Waals surface area contributed by atoms with Gasteiger partial charge in [-0.05, 0) is 41.0 Å². The third-order valence-corrected chi connectivity index (χ3v) is 7.31. The first-order valence-corrected chi connectivity index (χ1v) is 11.7. The smallest absolute Gasteiger partial charge is 0.327 e. The van der Waals surface area contributed by atoms with E-state index in [0.717, 1.165) is 10.4 Å². The van der Waals surface area contributed by atoms with Crippen LogP contribution in [0.5, 0.6) is 0 Å². The second-order valence-electron chi connectivity index (χ2n) is 7.01. The van der Waals surface area contributed by atoms with Crippen molar-refractivity contribution in [2.24, 2.45) is 0 Å². The van der Waals surface area contributed by atoms with E-state index in [1.807, 2.05) is 41.1 Å². The van der Waals surface area contributed by atoms with Crippen molar-refractivity contribution in [2.75, 3.05) is 13.1 Å². The van der Waals surface area contributed by atoms with Gasteiger partial charge in [0.25, 0.3) is 0 Å². The lowest BCUT2D eigenvalue weighted by atomic mass is 10.1. The number of hydrogen-bond acceptors (Lipinski definition) is 5. The number of thiophene rings is 1. The van der Waals surface area contributed by atoms with Crippen LogP contribution in [0.2, 0.25) is 5.02 Å². The van der Waals surface area contributed by atoms with Gasteiger partial charge in [-0.2, -0.15) is 0 Å². The zero-order valence-electron chi connectivity index (χ0n) is 16.0. The molecule has 0 aliphatic carbocycles. The van der Waals surface area contributed by atoms with Crippen molar-refractivity contribution < 1.29 is 14.4 Å². The summed E-state index contributed by atoms with van der Waals surface area (Å²) in [4.78, 5) is 42.4. The first kappa shape index (κ1) is 21.0. The first-order chi connectivity index (χ1) is 14.5. The first-order valence-electron chi connectivity index (χ1n) is 9.50. The Balaban J connectivity index is 1.41. The van der Waals surface area contributed by atoms with Crippen molar-refractivity contribution >= 4 is 52.5 Å². The van der Waals surface area contributed by atoms with Crippen LogP contribution in [0.15, 0.2) is 53.3 Å². The van der Waals surface area contributed by atoms with Crippen LogP contribution in [-0.2, 0) is 22.6 Å². The van der Waals surface area contributed by atoms with Gasteiger partial charge in [0.15, 0.2) is 0 Å². The molecule has 156 valence electrons. The number of amides is 4. The van der Waals surface area contributed by atoms with Crippen molar-refractivity contribution in [3.05, 3.63) is 68.7 Å². The van der Waals surface area contributed by atoms with Crippen molar-refractivity contribution in [2.45, 2.75) is 24.3 Å². The van der Waals surface area contributed by atoms with Crippen molar-refractivity contribution in [1.82, 2.24) is 15.1 Å². The Hall–Kier alpha value is -2.29. The minimum absolute atomic E-state index is 0.0960. The highest BCUT2D eigenvalue weighted by Gasteiger charge is 2.47. The van der Waals surface area contributed by atoms with E-state index in [0.29, 0.717) is 24.5 Å². The van der Waals surface area contributed by atoms with Crippen LogP contribution in [0.1, 0.15) is 10.4 Å². The fourth-order valence-electron chi connectivity index (χ4n) is 3.46. The third-order valence-electron chi connectivity index (χ3n) is 5.04. The third kappa shape index (κ3) is 4.55. The molecule has 2 unspecified atom stereocenters. The van der Waals surface area contributed by atoms with Crippen molar-refractivity contribution in [3.63, 3.8) is 0 Å². The normalized spacial score (nSPS) is 20.6. The number of nitrogens with zero attached hydrogens (tertiary/aromatic N) is 2. The average molecular weight is 462 g/mol. The zero-order chi connectivity index (χ0) is 21.1. The predicted molar refractivity (Wildman–Crippen MR) is 119 cm³/mol. The molecule has 2 aliphatic heterocycles. The SMILES string of the molecule is O=C(CN1C(=O)N(CCc2cccs2)C(=O)C2SC=CC21)NCc1ccc(Cl)cc1. The van der Waals surface area contributed by atoms with E-state index < -0.39 is 17.3 Å². The Kier molecular flexibility index (Phi) is 6.46. The Labute approximate surface area is 187 Å². The maximum Gasteiger partial charge on any atom is 0.327 e. The second kappa shape index (κ2) is 9.24. The van der Waals surface area contributed by atoms with Gasteiger partial charge in [-0.3, -0.25) is 14.5 Å². The molecule has 0 bridgehead atoms. The molecule has 1 aromatic carbocycles. The number of imide groups is 1.